The number of carboxylic acids is 1. The van der Waals surface area contributed by atoms with Crippen molar-refractivity contribution in [2.24, 2.45) is 5.41 Å². The number of carbonyl (C=O) groups excluding carboxylic acids is 1. The van der Waals surface area contributed by atoms with Gasteiger partial charge in [0.25, 0.3) is 0 Å². The second kappa shape index (κ2) is 6.16. The Balaban J connectivity index is 1.94. The fourth-order valence-electron chi connectivity index (χ4n) is 2.66. The summed E-state index contributed by atoms with van der Waals surface area (Å²) >= 11 is 0. The van der Waals surface area contributed by atoms with Crippen molar-refractivity contribution in [3.63, 3.8) is 0 Å². The van der Waals surface area contributed by atoms with E-state index in [1.54, 1.807) is 19.1 Å². The number of nitrogens with one attached hydrogen (secondary N) is 2. The summed E-state index contributed by atoms with van der Waals surface area (Å²) in [6, 6.07) is 4.59. The largest absolute Gasteiger partial charge is 0.478 e. The molecule has 114 valence electrons. The smallest absolute Gasteiger partial charge is 0.336 e. The van der Waals surface area contributed by atoms with E-state index in [1.807, 2.05) is 0 Å². The lowest BCUT2D eigenvalue weighted by molar-refractivity contribution is 0.0696. The van der Waals surface area contributed by atoms with Crippen molar-refractivity contribution < 1.29 is 14.7 Å². The summed E-state index contributed by atoms with van der Waals surface area (Å²) in [5.74, 6) is -0.989. The van der Waals surface area contributed by atoms with Crippen LogP contribution in [-0.4, -0.2) is 23.7 Å². The lowest BCUT2D eigenvalue weighted by Crippen LogP contribution is -2.34. The number of carbonyl (C=O) groups is 2. The van der Waals surface area contributed by atoms with Gasteiger partial charge in [0.1, 0.15) is 0 Å². The molecule has 0 aliphatic heterocycles. The van der Waals surface area contributed by atoms with Crippen LogP contribution < -0.4 is 10.6 Å². The average molecular weight is 290 g/mol. The number of hydrogen-bond donors (Lipinski definition) is 3. The van der Waals surface area contributed by atoms with Gasteiger partial charge in [-0.1, -0.05) is 19.4 Å². The van der Waals surface area contributed by atoms with Gasteiger partial charge in [0.15, 0.2) is 0 Å². The maximum Gasteiger partial charge on any atom is 0.336 e. The predicted molar refractivity (Wildman–Crippen MR) is 81.7 cm³/mol. The minimum Gasteiger partial charge on any atom is -0.478 e. The molecule has 0 aromatic heterocycles. The highest BCUT2D eigenvalue weighted by Gasteiger charge is 2.41. The topological polar surface area (TPSA) is 78.4 Å². The third kappa shape index (κ3) is 3.74. The van der Waals surface area contributed by atoms with Gasteiger partial charge in [-0.05, 0) is 49.3 Å². The molecule has 2 rings (SSSR count). The number of rotatable bonds is 6. The first-order valence-electron chi connectivity index (χ1n) is 7.35. The van der Waals surface area contributed by atoms with Crippen LogP contribution in [-0.2, 0) is 0 Å². The van der Waals surface area contributed by atoms with Gasteiger partial charge in [-0.25, -0.2) is 9.59 Å². The van der Waals surface area contributed by atoms with E-state index < -0.39 is 5.97 Å². The van der Waals surface area contributed by atoms with E-state index in [1.165, 1.54) is 18.9 Å². The SMILES string of the molecule is CCCC1(CNC(=O)Nc2cccc(C(=O)O)c2C)CC1. The number of amides is 2. The molecule has 1 aliphatic rings. The van der Waals surface area contributed by atoms with Gasteiger partial charge in [-0.2, -0.15) is 0 Å². The van der Waals surface area contributed by atoms with Gasteiger partial charge in [0.05, 0.1) is 5.56 Å². The van der Waals surface area contributed by atoms with Gasteiger partial charge in [0, 0.05) is 12.2 Å². The molecule has 1 saturated carbocycles. The molecule has 5 nitrogen and oxygen atoms in total. The third-order valence-electron chi connectivity index (χ3n) is 4.17. The zero-order chi connectivity index (χ0) is 15.5. The highest BCUT2D eigenvalue weighted by Crippen LogP contribution is 2.48. The highest BCUT2D eigenvalue weighted by atomic mass is 16.4. The number of urea groups is 1. The summed E-state index contributed by atoms with van der Waals surface area (Å²) in [5, 5.41) is 14.7. The van der Waals surface area contributed by atoms with Gasteiger partial charge < -0.3 is 15.7 Å². The second-order valence-corrected chi connectivity index (χ2v) is 5.84. The van der Waals surface area contributed by atoms with Crippen LogP contribution in [0.15, 0.2) is 18.2 Å². The van der Waals surface area contributed by atoms with Crippen molar-refractivity contribution >= 4 is 17.7 Å². The van der Waals surface area contributed by atoms with Crippen LogP contribution in [0, 0.1) is 12.3 Å². The fraction of sp³-hybridized carbons (Fsp3) is 0.500. The van der Waals surface area contributed by atoms with E-state index in [-0.39, 0.29) is 11.6 Å². The molecule has 21 heavy (non-hydrogen) atoms. The van der Waals surface area contributed by atoms with Gasteiger partial charge >= 0.3 is 12.0 Å². The Labute approximate surface area is 124 Å². The Morgan fingerprint density at radius 1 is 1.33 bits per heavy atom. The molecule has 0 spiro atoms. The molecule has 1 aromatic rings. The Bertz CT molecular complexity index is 550. The maximum atomic E-state index is 12.0. The van der Waals surface area contributed by atoms with Crippen LogP contribution >= 0.6 is 0 Å². The highest BCUT2D eigenvalue weighted by molar-refractivity contribution is 5.95. The lowest BCUT2D eigenvalue weighted by atomic mass is 10.0. The molecular formula is C16H22N2O3. The van der Waals surface area contributed by atoms with E-state index in [9.17, 15) is 9.59 Å². The standard InChI is InChI=1S/C16H22N2O3/c1-3-7-16(8-9-16)10-17-15(21)18-13-6-4-5-12(11(13)2)14(19)20/h4-6H,3,7-10H2,1-2H3,(H,19,20)(H2,17,18,21). The van der Waals surface area contributed by atoms with Gasteiger partial charge in [-0.3, -0.25) is 0 Å². The van der Waals surface area contributed by atoms with E-state index in [4.69, 9.17) is 5.11 Å². The van der Waals surface area contributed by atoms with E-state index in [2.05, 4.69) is 17.6 Å². The number of carboxylic acid groups (broad SMARTS) is 1. The molecule has 0 bridgehead atoms. The van der Waals surface area contributed by atoms with Crippen LogP contribution in [0.25, 0.3) is 0 Å². The molecule has 0 heterocycles. The molecule has 1 aliphatic carbocycles. The van der Waals surface area contributed by atoms with Crippen molar-refractivity contribution in [1.29, 1.82) is 0 Å². The first-order chi connectivity index (χ1) is 9.97. The predicted octanol–water partition coefficient (Wildman–Crippen LogP) is 3.40. The normalized spacial score (nSPS) is 15.3. The van der Waals surface area contributed by atoms with Crippen LogP contribution in [0.1, 0.15) is 48.5 Å². The van der Waals surface area contributed by atoms with Crippen molar-refractivity contribution in [3.8, 4) is 0 Å². The van der Waals surface area contributed by atoms with Gasteiger partial charge in [-0.15, -0.1) is 0 Å². The number of aromatic carboxylic acids is 1. The van der Waals surface area contributed by atoms with Crippen LogP contribution in [0.2, 0.25) is 0 Å². The summed E-state index contributed by atoms with van der Waals surface area (Å²) < 4.78 is 0. The van der Waals surface area contributed by atoms with Crippen molar-refractivity contribution in [3.05, 3.63) is 29.3 Å². The molecule has 5 heteroatoms. The quantitative estimate of drug-likeness (QED) is 0.751. The summed E-state index contributed by atoms with van der Waals surface area (Å²) in [6.45, 7) is 4.53. The summed E-state index contributed by atoms with van der Waals surface area (Å²) in [7, 11) is 0. The van der Waals surface area contributed by atoms with Crippen LogP contribution in [0.3, 0.4) is 0 Å². The first kappa shape index (κ1) is 15.4. The molecule has 0 atom stereocenters. The average Bonchev–Trinajstić information content (AvgIpc) is 3.19. The fourth-order valence-corrected chi connectivity index (χ4v) is 2.66. The molecule has 1 aromatic carbocycles. The Morgan fingerprint density at radius 3 is 2.62 bits per heavy atom. The third-order valence-corrected chi connectivity index (χ3v) is 4.17. The van der Waals surface area contributed by atoms with Crippen LogP contribution in [0.4, 0.5) is 10.5 Å². The number of benzene rings is 1. The first-order valence-corrected chi connectivity index (χ1v) is 7.35. The number of anilines is 1. The van der Waals surface area contributed by atoms with E-state index >= 15 is 0 Å². The van der Waals surface area contributed by atoms with E-state index in [0.29, 0.717) is 23.2 Å². The van der Waals surface area contributed by atoms with Gasteiger partial charge in [0.2, 0.25) is 0 Å². The molecule has 0 saturated heterocycles. The van der Waals surface area contributed by atoms with Crippen molar-refractivity contribution in [2.75, 3.05) is 11.9 Å². The number of hydrogen-bond acceptors (Lipinski definition) is 2. The molecule has 3 N–H and O–H groups in total. The second-order valence-electron chi connectivity index (χ2n) is 5.84. The molecule has 1 fully saturated rings. The maximum absolute atomic E-state index is 12.0. The minimum atomic E-state index is -0.989. The molecule has 2 amide bonds. The minimum absolute atomic E-state index is 0.206. The lowest BCUT2D eigenvalue weighted by Gasteiger charge is -2.16. The zero-order valence-corrected chi connectivity index (χ0v) is 12.5. The Morgan fingerprint density at radius 2 is 2.05 bits per heavy atom. The summed E-state index contributed by atoms with van der Waals surface area (Å²) in [6.07, 6.45) is 4.62. The van der Waals surface area contributed by atoms with Crippen LogP contribution in [0.5, 0.6) is 0 Å². The Hall–Kier alpha value is -2.04. The summed E-state index contributed by atoms with van der Waals surface area (Å²) in [5.41, 5.74) is 1.60. The molecule has 0 radical (unpaired) electrons. The summed E-state index contributed by atoms with van der Waals surface area (Å²) in [4.78, 5) is 23.0. The Kier molecular flexibility index (Phi) is 4.50. The molecular weight excluding hydrogens is 268 g/mol. The monoisotopic (exact) mass is 290 g/mol. The van der Waals surface area contributed by atoms with Crippen molar-refractivity contribution in [2.45, 2.75) is 39.5 Å². The van der Waals surface area contributed by atoms with E-state index in [0.717, 1.165) is 12.8 Å². The molecule has 0 unspecified atom stereocenters. The zero-order valence-electron chi connectivity index (χ0n) is 12.5. The van der Waals surface area contributed by atoms with Crippen molar-refractivity contribution in [1.82, 2.24) is 5.32 Å².